The van der Waals surface area contributed by atoms with Gasteiger partial charge in [0.15, 0.2) is 0 Å². The molecule has 2 aromatic heterocycles. The van der Waals surface area contributed by atoms with Crippen LogP contribution in [0.4, 0.5) is 4.79 Å². The lowest BCUT2D eigenvalue weighted by atomic mass is 10.1. The van der Waals surface area contributed by atoms with Gasteiger partial charge < -0.3 is 24.1 Å². The van der Waals surface area contributed by atoms with Crippen molar-refractivity contribution in [3.05, 3.63) is 23.1 Å². The molecule has 9 heteroatoms. The summed E-state index contributed by atoms with van der Waals surface area (Å²) in [6.45, 7) is 5.50. The molecule has 1 unspecified atom stereocenters. The van der Waals surface area contributed by atoms with E-state index < -0.39 is 6.09 Å². The molecule has 0 saturated carbocycles. The Kier molecular flexibility index (Phi) is 6.45. The fourth-order valence-corrected chi connectivity index (χ4v) is 3.16. The van der Waals surface area contributed by atoms with Gasteiger partial charge in [-0.05, 0) is 26.2 Å². The van der Waals surface area contributed by atoms with Gasteiger partial charge in [-0.2, -0.15) is 4.37 Å². The fraction of sp³-hybridized carbons (Fsp3) is 0.588. The molecule has 0 spiro atoms. The van der Waals surface area contributed by atoms with Gasteiger partial charge in [-0.25, -0.2) is 4.79 Å². The van der Waals surface area contributed by atoms with Gasteiger partial charge in [0.1, 0.15) is 12.4 Å². The summed E-state index contributed by atoms with van der Waals surface area (Å²) in [5.74, 6) is 1.16. The fourth-order valence-electron chi connectivity index (χ4n) is 2.60. The molecule has 3 rings (SSSR count). The van der Waals surface area contributed by atoms with Crippen molar-refractivity contribution in [1.82, 2.24) is 14.8 Å². The van der Waals surface area contributed by atoms with Crippen LogP contribution in [0.25, 0.3) is 0 Å². The van der Waals surface area contributed by atoms with E-state index in [-0.39, 0.29) is 6.04 Å². The van der Waals surface area contributed by atoms with Gasteiger partial charge in [-0.15, -0.1) is 0 Å². The highest BCUT2D eigenvalue weighted by Crippen LogP contribution is 2.26. The van der Waals surface area contributed by atoms with Crippen LogP contribution in [0.3, 0.4) is 0 Å². The third-order valence-electron chi connectivity index (χ3n) is 4.11. The molecule has 0 radical (unpaired) electrons. The zero-order chi connectivity index (χ0) is 18.4. The van der Waals surface area contributed by atoms with Gasteiger partial charge in [-0.3, -0.25) is 0 Å². The third kappa shape index (κ3) is 4.95. The Balaban J connectivity index is 1.50. The summed E-state index contributed by atoms with van der Waals surface area (Å²) in [4.78, 5) is 11.8. The monoisotopic (exact) mass is 381 g/mol. The van der Waals surface area contributed by atoms with Crippen molar-refractivity contribution in [1.29, 1.82) is 0 Å². The first-order valence-electron chi connectivity index (χ1n) is 8.75. The molecular weight excluding hydrogens is 358 g/mol. The largest absolute Gasteiger partial charge is 0.472 e. The van der Waals surface area contributed by atoms with Crippen molar-refractivity contribution in [3.8, 4) is 10.9 Å². The van der Waals surface area contributed by atoms with Crippen LogP contribution in [-0.2, 0) is 17.8 Å². The normalized spacial score (nSPS) is 16.6. The van der Waals surface area contributed by atoms with Crippen LogP contribution in [0, 0.1) is 6.92 Å². The Hall–Kier alpha value is -2.13. The number of nitrogens with zero attached hydrogens (tertiary/aromatic N) is 2. The summed E-state index contributed by atoms with van der Waals surface area (Å²) < 4.78 is 25.6. The Bertz CT molecular complexity index is 724. The lowest BCUT2D eigenvalue weighted by Crippen LogP contribution is -2.36. The zero-order valence-corrected chi connectivity index (χ0v) is 15.8. The summed E-state index contributed by atoms with van der Waals surface area (Å²) in [5, 5.41) is 7.23. The van der Waals surface area contributed by atoms with Crippen molar-refractivity contribution < 1.29 is 23.5 Å². The topological polar surface area (TPSA) is 95.7 Å². The van der Waals surface area contributed by atoms with Crippen LogP contribution in [0.5, 0.6) is 10.9 Å². The lowest BCUT2D eigenvalue weighted by Gasteiger charge is -2.09. The number of ether oxygens (including phenoxy) is 3. The molecule has 1 atom stereocenters. The van der Waals surface area contributed by atoms with Crippen LogP contribution >= 0.6 is 11.5 Å². The molecule has 142 valence electrons. The number of hydrogen-bond donors (Lipinski definition) is 1. The standard InChI is InChI=1S/C17H23N3O5S/c1-3-4-5-14-13(11(2)25-19-14)10-23-15-8-16(26-20-15)24-17(21)18-12-6-7-22-9-12/h8,12H,3-7,9-10H2,1-2H3,(H,18,21). The van der Waals surface area contributed by atoms with Crippen LogP contribution in [-0.4, -0.2) is 34.9 Å². The first-order chi connectivity index (χ1) is 12.7. The van der Waals surface area contributed by atoms with Gasteiger partial charge in [0.2, 0.25) is 10.9 Å². The molecule has 0 aliphatic carbocycles. The van der Waals surface area contributed by atoms with Gasteiger partial charge in [0.05, 0.1) is 30.0 Å². The molecule has 1 saturated heterocycles. The quantitative estimate of drug-likeness (QED) is 0.750. The van der Waals surface area contributed by atoms with E-state index in [2.05, 4.69) is 21.8 Å². The second-order valence-corrected chi connectivity index (χ2v) is 6.90. The molecule has 8 nitrogen and oxygen atoms in total. The SMILES string of the molecule is CCCCc1noc(C)c1COc1cc(OC(=O)NC2CCOC2)sn1. The van der Waals surface area contributed by atoms with E-state index in [1.165, 1.54) is 0 Å². The maximum Gasteiger partial charge on any atom is 0.413 e. The highest BCUT2D eigenvalue weighted by atomic mass is 32.1. The second kappa shape index (κ2) is 9.00. The van der Waals surface area contributed by atoms with Crippen LogP contribution in [0.2, 0.25) is 0 Å². The molecule has 0 aromatic carbocycles. The third-order valence-corrected chi connectivity index (χ3v) is 4.76. The Morgan fingerprint density at radius 2 is 2.38 bits per heavy atom. The number of aryl methyl sites for hydroxylation is 2. The van der Waals surface area contributed by atoms with E-state index in [1.54, 1.807) is 6.07 Å². The van der Waals surface area contributed by atoms with Crippen molar-refractivity contribution in [2.75, 3.05) is 13.2 Å². The van der Waals surface area contributed by atoms with Crippen LogP contribution < -0.4 is 14.8 Å². The number of nitrogens with one attached hydrogen (secondary N) is 1. The zero-order valence-electron chi connectivity index (χ0n) is 14.9. The van der Waals surface area contributed by atoms with E-state index in [9.17, 15) is 4.79 Å². The lowest BCUT2D eigenvalue weighted by molar-refractivity contribution is 0.179. The molecule has 1 aliphatic rings. The molecule has 2 aromatic rings. The Labute approximate surface area is 156 Å². The number of unbranched alkanes of at least 4 members (excludes halogenated alkanes) is 1. The maximum atomic E-state index is 11.8. The number of aromatic nitrogens is 2. The van der Waals surface area contributed by atoms with Gasteiger partial charge >= 0.3 is 6.09 Å². The number of hydrogen-bond acceptors (Lipinski definition) is 8. The van der Waals surface area contributed by atoms with Crippen molar-refractivity contribution in [3.63, 3.8) is 0 Å². The number of carbonyl (C=O) groups is 1. The maximum absolute atomic E-state index is 11.8. The molecule has 1 N–H and O–H groups in total. The molecule has 0 bridgehead atoms. The minimum absolute atomic E-state index is 0.00393. The van der Waals surface area contributed by atoms with Gasteiger partial charge in [0.25, 0.3) is 0 Å². The summed E-state index contributed by atoms with van der Waals surface area (Å²) in [6.07, 6.45) is 3.30. The smallest absolute Gasteiger partial charge is 0.413 e. The van der Waals surface area contributed by atoms with E-state index in [1.807, 2.05) is 6.92 Å². The predicted molar refractivity (Wildman–Crippen MR) is 94.7 cm³/mol. The second-order valence-electron chi connectivity index (χ2n) is 6.13. The predicted octanol–water partition coefficient (Wildman–Crippen LogP) is 3.24. The molecule has 1 aliphatic heterocycles. The van der Waals surface area contributed by atoms with Gasteiger partial charge in [0, 0.05) is 18.1 Å². The highest BCUT2D eigenvalue weighted by Gasteiger charge is 2.20. The van der Waals surface area contributed by atoms with Crippen LogP contribution in [0.15, 0.2) is 10.6 Å². The molecule has 1 fully saturated rings. The number of amides is 1. The van der Waals surface area contributed by atoms with E-state index in [0.717, 1.165) is 54.2 Å². The van der Waals surface area contributed by atoms with E-state index >= 15 is 0 Å². The minimum Gasteiger partial charge on any atom is -0.472 e. The Morgan fingerprint density at radius 3 is 3.15 bits per heavy atom. The first-order valence-corrected chi connectivity index (χ1v) is 9.52. The van der Waals surface area contributed by atoms with E-state index in [4.69, 9.17) is 18.7 Å². The van der Waals surface area contributed by atoms with E-state index in [0.29, 0.717) is 30.8 Å². The number of rotatable bonds is 8. The summed E-state index contributed by atoms with van der Waals surface area (Å²) in [6, 6.07) is 1.61. The number of carbonyl (C=O) groups excluding carboxylic acids is 1. The van der Waals surface area contributed by atoms with Gasteiger partial charge in [-0.1, -0.05) is 18.5 Å². The van der Waals surface area contributed by atoms with Crippen molar-refractivity contribution in [2.45, 2.75) is 52.2 Å². The average Bonchev–Trinajstić information content (AvgIpc) is 3.34. The van der Waals surface area contributed by atoms with Crippen LogP contribution in [0.1, 0.15) is 43.2 Å². The summed E-state index contributed by atoms with van der Waals surface area (Å²) >= 11 is 1.07. The minimum atomic E-state index is -0.507. The average molecular weight is 381 g/mol. The first kappa shape index (κ1) is 18.7. The summed E-state index contributed by atoms with van der Waals surface area (Å²) in [7, 11) is 0. The van der Waals surface area contributed by atoms with Crippen molar-refractivity contribution >= 4 is 17.6 Å². The van der Waals surface area contributed by atoms with Crippen molar-refractivity contribution in [2.24, 2.45) is 0 Å². The molecule has 3 heterocycles. The highest BCUT2D eigenvalue weighted by molar-refractivity contribution is 7.08. The Morgan fingerprint density at radius 1 is 1.50 bits per heavy atom. The summed E-state index contributed by atoms with van der Waals surface area (Å²) in [5.41, 5.74) is 1.88. The molecule has 26 heavy (non-hydrogen) atoms. The molecule has 1 amide bonds. The molecular formula is C17H23N3O5S.